The molecule has 0 amide bonds. The molecular weight excluding hydrogens is 338 g/mol. The van der Waals surface area contributed by atoms with Crippen LogP contribution in [-0.4, -0.2) is 36.6 Å². The molecule has 0 saturated carbocycles. The highest BCUT2D eigenvalue weighted by molar-refractivity contribution is 14.0. The summed E-state index contributed by atoms with van der Waals surface area (Å²) >= 11 is 5.91. The van der Waals surface area contributed by atoms with Gasteiger partial charge < -0.3 is 14.8 Å². The Labute approximate surface area is 119 Å². The van der Waals surface area contributed by atoms with Crippen molar-refractivity contribution in [2.75, 3.05) is 21.1 Å². The van der Waals surface area contributed by atoms with Crippen LogP contribution in [-0.2, 0) is 13.6 Å². The number of aryl methyl sites for hydroxylation is 1. The van der Waals surface area contributed by atoms with Gasteiger partial charge in [0.1, 0.15) is 0 Å². The van der Waals surface area contributed by atoms with Crippen LogP contribution in [0.2, 0.25) is 5.02 Å². The van der Waals surface area contributed by atoms with Gasteiger partial charge >= 0.3 is 0 Å². The van der Waals surface area contributed by atoms with Crippen LogP contribution in [0.15, 0.2) is 17.3 Å². The summed E-state index contributed by atoms with van der Waals surface area (Å²) in [5.74, 6) is 0.854. The number of nitrogens with one attached hydrogen (secondary N) is 1. The number of aromatic nitrogens is 1. The molecule has 0 atom stereocenters. The maximum Gasteiger partial charge on any atom is 0.193 e. The van der Waals surface area contributed by atoms with Crippen molar-refractivity contribution in [3.8, 4) is 0 Å². The number of guanidine groups is 1. The van der Waals surface area contributed by atoms with E-state index in [-0.39, 0.29) is 24.0 Å². The molecule has 0 aliphatic rings. The van der Waals surface area contributed by atoms with Crippen molar-refractivity contribution in [1.29, 1.82) is 0 Å². The van der Waals surface area contributed by atoms with Crippen LogP contribution in [0.4, 0.5) is 0 Å². The summed E-state index contributed by atoms with van der Waals surface area (Å²) in [6, 6.07) is 1.96. The van der Waals surface area contributed by atoms with Crippen molar-refractivity contribution >= 4 is 41.5 Å². The summed E-state index contributed by atoms with van der Waals surface area (Å²) in [4.78, 5) is 6.16. The number of halogens is 2. The largest absolute Gasteiger partial charge is 0.359 e. The smallest absolute Gasteiger partial charge is 0.193 e. The molecular formula is C10H18ClIN4. The van der Waals surface area contributed by atoms with Gasteiger partial charge in [-0.1, -0.05) is 11.6 Å². The minimum atomic E-state index is 0. The topological polar surface area (TPSA) is 32.6 Å². The second kappa shape index (κ2) is 7.01. The van der Waals surface area contributed by atoms with E-state index in [0.717, 1.165) is 23.2 Å². The first-order chi connectivity index (χ1) is 7.08. The molecule has 0 aromatic carbocycles. The first-order valence-corrected chi connectivity index (χ1v) is 5.12. The van der Waals surface area contributed by atoms with E-state index in [1.807, 2.05) is 42.9 Å². The molecule has 0 spiro atoms. The van der Waals surface area contributed by atoms with Crippen LogP contribution in [0.3, 0.4) is 0 Å². The van der Waals surface area contributed by atoms with E-state index >= 15 is 0 Å². The molecule has 1 aromatic rings. The van der Waals surface area contributed by atoms with Crippen molar-refractivity contribution in [3.05, 3.63) is 23.0 Å². The van der Waals surface area contributed by atoms with E-state index in [1.54, 1.807) is 7.05 Å². The maximum absolute atomic E-state index is 5.91. The van der Waals surface area contributed by atoms with Crippen LogP contribution >= 0.6 is 35.6 Å². The Morgan fingerprint density at radius 1 is 1.62 bits per heavy atom. The Morgan fingerprint density at radius 3 is 2.62 bits per heavy atom. The lowest BCUT2D eigenvalue weighted by molar-refractivity contribution is 0.467. The summed E-state index contributed by atoms with van der Waals surface area (Å²) in [5.41, 5.74) is 1.15. The molecule has 0 fully saturated rings. The van der Waals surface area contributed by atoms with Gasteiger partial charge in [0, 0.05) is 40.1 Å². The minimum absolute atomic E-state index is 0. The minimum Gasteiger partial charge on any atom is -0.359 e. The molecule has 1 N–H and O–H groups in total. The van der Waals surface area contributed by atoms with E-state index < -0.39 is 0 Å². The summed E-state index contributed by atoms with van der Waals surface area (Å²) in [6.45, 7) is 0.775. The van der Waals surface area contributed by atoms with Crippen molar-refractivity contribution in [2.45, 2.75) is 6.54 Å². The standard InChI is InChI=1S/C10H17ClN4.HI/c1-12-10(13-2)15(4)7-9-5-8(11)6-14(9)3;/h5-6H,7H2,1-4H3,(H,12,13);1H. The molecule has 1 heterocycles. The van der Waals surface area contributed by atoms with E-state index in [9.17, 15) is 0 Å². The van der Waals surface area contributed by atoms with Gasteiger partial charge in [-0.3, -0.25) is 4.99 Å². The van der Waals surface area contributed by atoms with Gasteiger partial charge in [0.25, 0.3) is 0 Å². The Bertz CT molecular complexity index is 362. The van der Waals surface area contributed by atoms with Crippen molar-refractivity contribution in [1.82, 2.24) is 14.8 Å². The van der Waals surface area contributed by atoms with Gasteiger partial charge in [-0.15, -0.1) is 24.0 Å². The summed E-state index contributed by atoms with van der Waals surface area (Å²) in [7, 11) is 7.59. The normalized spacial score (nSPS) is 10.9. The van der Waals surface area contributed by atoms with E-state index in [1.165, 1.54) is 0 Å². The van der Waals surface area contributed by atoms with E-state index in [4.69, 9.17) is 11.6 Å². The zero-order valence-corrected chi connectivity index (χ0v) is 13.1. The predicted molar refractivity (Wildman–Crippen MR) is 79.7 cm³/mol. The monoisotopic (exact) mass is 356 g/mol. The fourth-order valence-electron chi connectivity index (χ4n) is 1.51. The highest BCUT2D eigenvalue weighted by Gasteiger charge is 2.07. The Morgan fingerprint density at radius 2 is 2.25 bits per heavy atom. The predicted octanol–water partition coefficient (Wildman–Crippen LogP) is 1.93. The number of aliphatic imine (C=N–C) groups is 1. The third-order valence-corrected chi connectivity index (χ3v) is 2.48. The van der Waals surface area contributed by atoms with Crippen molar-refractivity contribution in [3.63, 3.8) is 0 Å². The molecule has 6 heteroatoms. The van der Waals surface area contributed by atoms with Crippen LogP contribution in [0.25, 0.3) is 0 Å². The highest BCUT2D eigenvalue weighted by atomic mass is 127. The molecule has 0 aliphatic heterocycles. The van der Waals surface area contributed by atoms with E-state index in [2.05, 4.69) is 10.3 Å². The van der Waals surface area contributed by atoms with Crippen LogP contribution in [0.1, 0.15) is 5.69 Å². The molecule has 92 valence electrons. The fraction of sp³-hybridized carbons (Fsp3) is 0.500. The fourth-order valence-corrected chi connectivity index (χ4v) is 1.79. The average molecular weight is 357 g/mol. The lowest BCUT2D eigenvalue weighted by Crippen LogP contribution is -2.36. The van der Waals surface area contributed by atoms with Gasteiger partial charge in [0.15, 0.2) is 5.96 Å². The number of hydrogen-bond donors (Lipinski definition) is 1. The zero-order valence-electron chi connectivity index (χ0n) is 9.99. The Hall–Kier alpha value is -0.430. The number of hydrogen-bond acceptors (Lipinski definition) is 1. The highest BCUT2D eigenvalue weighted by Crippen LogP contribution is 2.13. The number of nitrogens with zero attached hydrogens (tertiary/aromatic N) is 3. The summed E-state index contributed by atoms with van der Waals surface area (Å²) < 4.78 is 2.02. The first kappa shape index (κ1) is 15.6. The van der Waals surface area contributed by atoms with Gasteiger partial charge in [-0.05, 0) is 6.07 Å². The van der Waals surface area contributed by atoms with Gasteiger partial charge in [-0.25, -0.2) is 0 Å². The number of rotatable bonds is 2. The molecule has 16 heavy (non-hydrogen) atoms. The molecule has 1 rings (SSSR count). The lowest BCUT2D eigenvalue weighted by Gasteiger charge is -2.20. The molecule has 0 bridgehead atoms. The van der Waals surface area contributed by atoms with Gasteiger partial charge in [0.2, 0.25) is 0 Å². The second-order valence-corrected chi connectivity index (χ2v) is 3.85. The van der Waals surface area contributed by atoms with Gasteiger partial charge in [-0.2, -0.15) is 0 Å². The molecule has 0 saturated heterocycles. The zero-order chi connectivity index (χ0) is 11.4. The first-order valence-electron chi connectivity index (χ1n) is 4.75. The molecule has 4 nitrogen and oxygen atoms in total. The quantitative estimate of drug-likeness (QED) is 0.499. The van der Waals surface area contributed by atoms with Crippen LogP contribution in [0, 0.1) is 0 Å². The summed E-state index contributed by atoms with van der Waals surface area (Å²) in [6.07, 6.45) is 1.90. The third kappa shape index (κ3) is 3.86. The van der Waals surface area contributed by atoms with Crippen molar-refractivity contribution < 1.29 is 0 Å². The Kier molecular flexibility index (Phi) is 6.82. The lowest BCUT2D eigenvalue weighted by atomic mass is 10.4. The summed E-state index contributed by atoms with van der Waals surface area (Å²) in [5, 5.41) is 3.80. The molecule has 0 unspecified atom stereocenters. The van der Waals surface area contributed by atoms with Gasteiger partial charge in [0.05, 0.1) is 11.6 Å². The molecule has 0 radical (unpaired) electrons. The van der Waals surface area contributed by atoms with Crippen LogP contribution < -0.4 is 5.32 Å². The molecule has 0 aliphatic carbocycles. The SMILES string of the molecule is CN=C(NC)N(C)Cc1cc(Cl)cn1C.I. The third-order valence-electron chi connectivity index (χ3n) is 2.27. The Balaban J connectivity index is 0.00000225. The molecule has 1 aromatic heterocycles. The van der Waals surface area contributed by atoms with Crippen molar-refractivity contribution in [2.24, 2.45) is 12.0 Å². The second-order valence-electron chi connectivity index (χ2n) is 3.41. The average Bonchev–Trinajstić information content (AvgIpc) is 2.47. The van der Waals surface area contributed by atoms with Crippen LogP contribution in [0.5, 0.6) is 0 Å². The van der Waals surface area contributed by atoms with E-state index in [0.29, 0.717) is 0 Å². The maximum atomic E-state index is 5.91.